The van der Waals surface area contributed by atoms with Crippen molar-refractivity contribution in [1.82, 2.24) is 10.2 Å². The highest BCUT2D eigenvalue weighted by atomic mass is 32.2. The van der Waals surface area contributed by atoms with Gasteiger partial charge in [-0.2, -0.15) is 5.10 Å². The normalized spacial score (nSPS) is 12.2. The van der Waals surface area contributed by atoms with Crippen LogP contribution >= 0.6 is 0 Å². The smallest absolute Gasteiger partial charge is 0.264 e. The average Bonchev–Trinajstić information content (AvgIpc) is 2.47. The van der Waals surface area contributed by atoms with E-state index in [-0.39, 0.29) is 11.3 Å². The third-order valence-electron chi connectivity index (χ3n) is 2.51. The Morgan fingerprint density at radius 1 is 1.30 bits per heavy atom. The van der Waals surface area contributed by atoms with Gasteiger partial charge in [-0.3, -0.25) is 4.79 Å². The summed E-state index contributed by atoms with van der Waals surface area (Å²) in [4.78, 5) is 11.6. The van der Waals surface area contributed by atoms with Gasteiger partial charge in [-0.15, -0.1) is 6.42 Å². The molecule has 4 nitrogen and oxygen atoms in total. The second-order valence-corrected chi connectivity index (χ2v) is 5.33. The number of H-pyrrole nitrogens is 1. The van der Waals surface area contributed by atoms with Crippen LogP contribution in [0.15, 0.2) is 46.1 Å². The van der Waals surface area contributed by atoms with Crippen molar-refractivity contribution in [3.8, 4) is 12.3 Å². The molecule has 0 saturated carbocycles. The largest absolute Gasteiger partial charge is 0.611 e. The number of nitrogens with one attached hydrogen (secondary N) is 1. The number of hydrogen-bond donors (Lipinski definition) is 1. The van der Waals surface area contributed by atoms with Gasteiger partial charge in [-0.1, -0.05) is 18.1 Å². The summed E-state index contributed by atoms with van der Waals surface area (Å²) in [7, 11) is 0. The lowest BCUT2D eigenvalue weighted by molar-refractivity contribution is 0.598. The minimum absolute atomic E-state index is 0.182. The Balaban J connectivity index is 2.27. The van der Waals surface area contributed by atoms with Crippen LogP contribution in [0.1, 0.15) is 11.3 Å². The number of rotatable bonds is 4. The molecule has 0 aliphatic rings. The van der Waals surface area contributed by atoms with Gasteiger partial charge in [0.05, 0.1) is 5.69 Å². The number of aromatic nitrogens is 2. The Bertz CT molecular complexity index is 696. The molecule has 20 heavy (non-hydrogen) atoms. The van der Waals surface area contributed by atoms with Crippen molar-refractivity contribution < 1.29 is 4.55 Å². The van der Waals surface area contributed by atoms with Crippen molar-refractivity contribution in [2.45, 2.75) is 4.90 Å². The molecular weight excluding hydrogens is 272 g/mol. The standard InChI is InChI=1S/C15H12N2O2S/c1-2-11-20(19)14-6-4-3-5-12(14)7-8-13-9-10-15(18)17-16-13/h1,3-10H,11H2,(H,17,18)/b8-7+. The van der Waals surface area contributed by atoms with E-state index in [1.165, 1.54) is 6.07 Å². The van der Waals surface area contributed by atoms with Crippen molar-refractivity contribution in [2.75, 3.05) is 5.75 Å². The van der Waals surface area contributed by atoms with Crippen molar-refractivity contribution >= 4 is 23.3 Å². The van der Waals surface area contributed by atoms with E-state index in [0.717, 1.165) is 5.56 Å². The van der Waals surface area contributed by atoms with Crippen molar-refractivity contribution in [2.24, 2.45) is 0 Å². The Kier molecular flexibility index (Phi) is 4.77. The van der Waals surface area contributed by atoms with E-state index < -0.39 is 11.2 Å². The van der Waals surface area contributed by atoms with E-state index in [9.17, 15) is 9.35 Å². The molecule has 0 saturated heterocycles. The molecule has 0 amide bonds. The topological polar surface area (TPSA) is 68.8 Å². The summed E-state index contributed by atoms with van der Waals surface area (Å²) in [5.74, 6) is 2.58. The maximum absolute atomic E-state index is 12.0. The lowest BCUT2D eigenvalue weighted by atomic mass is 10.2. The molecule has 1 aromatic heterocycles. The molecule has 2 rings (SSSR count). The molecule has 1 atom stereocenters. The van der Waals surface area contributed by atoms with Crippen molar-refractivity contribution in [1.29, 1.82) is 0 Å². The van der Waals surface area contributed by atoms with E-state index in [1.54, 1.807) is 24.3 Å². The van der Waals surface area contributed by atoms with Crippen LogP contribution in [0.25, 0.3) is 12.2 Å². The second kappa shape index (κ2) is 6.75. The van der Waals surface area contributed by atoms with E-state index in [0.29, 0.717) is 10.6 Å². The average molecular weight is 284 g/mol. The van der Waals surface area contributed by atoms with E-state index in [1.807, 2.05) is 18.2 Å². The van der Waals surface area contributed by atoms with Gasteiger partial charge in [0.25, 0.3) is 5.56 Å². The third kappa shape index (κ3) is 3.60. The molecule has 0 aliphatic heterocycles. The first-order chi connectivity index (χ1) is 9.70. The van der Waals surface area contributed by atoms with Crippen LogP contribution in [0.3, 0.4) is 0 Å². The first kappa shape index (κ1) is 14.1. The molecule has 2 aromatic rings. The fourth-order valence-electron chi connectivity index (χ4n) is 1.60. The van der Waals surface area contributed by atoms with Crippen LogP contribution in [-0.4, -0.2) is 20.5 Å². The molecule has 1 heterocycles. The molecule has 0 spiro atoms. The minimum atomic E-state index is -1.22. The zero-order valence-electron chi connectivity index (χ0n) is 10.6. The van der Waals surface area contributed by atoms with Crippen LogP contribution < -0.4 is 5.56 Å². The minimum Gasteiger partial charge on any atom is -0.611 e. The summed E-state index contributed by atoms with van der Waals surface area (Å²) in [6, 6.07) is 10.3. The Morgan fingerprint density at radius 2 is 2.10 bits per heavy atom. The van der Waals surface area contributed by atoms with Crippen LogP contribution in [0, 0.1) is 12.3 Å². The van der Waals surface area contributed by atoms with Crippen LogP contribution in [0.5, 0.6) is 0 Å². The first-order valence-corrected chi connectivity index (χ1v) is 7.17. The monoisotopic (exact) mass is 284 g/mol. The maximum atomic E-state index is 12.0. The van der Waals surface area contributed by atoms with Crippen molar-refractivity contribution in [3.05, 3.63) is 58.0 Å². The van der Waals surface area contributed by atoms with Gasteiger partial charge >= 0.3 is 0 Å². The zero-order chi connectivity index (χ0) is 14.4. The molecule has 0 bridgehead atoms. The quantitative estimate of drug-likeness (QED) is 0.686. The predicted molar refractivity (Wildman–Crippen MR) is 80.3 cm³/mol. The van der Waals surface area contributed by atoms with Gasteiger partial charge in [0.15, 0.2) is 10.6 Å². The summed E-state index contributed by atoms with van der Waals surface area (Å²) in [6.07, 6.45) is 8.73. The van der Waals surface area contributed by atoms with Gasteiger partial charge in [-0.05, 0) is 41.5 Å². The zero-order valence-corrected chi connectivity index (χ0v) is 11.4. The van der Waals surface area contributed by atoms with E-state index in [4.69, 9.17) is 6.42 Å². The summed E-state index contributed by atoms with van der Waals surface area (Å²) < 4.78 is 12.0. The van der Waals surface area contributed by atoms with E-state index >= 15 is 0 Å². The number of terminal acetylenes is 1. The fourth-order valence-corrected chi connectivity index (χ4v) is 2.54. The molecule has 1 N–H and O–H groups in total. The maximum Gasteiger partial charge on any atom is 0.264 e. The van der Waals surface area contributed by atoms with E-state index in [2.05, 4.69) is 16.1 Å². The van der Waals surface area contributed by atoms with Crippen LogP contribution in [0.2, 0.25) is 0 Å². The highest BCUT2D eigenvalue weighted by Gasteiger charge is 2.12. The molecule has 0 aliphatic carbocycles. The molecule has 1 aromatic carbocycles. The SMILES string of the molecule is C#CC[S+]([O-])c1ccccc1/C=C/c1ccc(=O)[nH]n1. The number of nitrogens with zero attached hydrogens (tertiary/aromatic N) is 1. The van der Waals surface area contributed by atoms with Crippen LogP contribution in [0.4, 0.5) is 0 Å². The third-order valence-corrected chi connectivity index (χ3v) is 3.80. The Hall–Kier alpha value is -2.29. The number of hydrogen-bond acceptors (Lipinski definition) is 3. The first-order valence-electron chi connectivity index (χ1n) is 5.85. The predicted octanol–water partition coefficient (Wildman–Crippen LogP) is 1.68. The van der Waals surface area contributed by atoms with Gasteiger partial charge < -0.3 is 4.55 Å². The summed E-state index contributed by atoms with van der Waals surface area (Å²) in [5, 5.41) is 6.22. The highest BCUT2D eigenvalue weighted by Crippen LogP contribution is 2.19. The van der Waals surface area contributed by atoms with Gasteiger partial charge in [-0.25, -0.2) is 5.10 Å². The summed E-state index contributed by atoms with van der Waals surface area (Å²) in [6.45, 7) is 0. The lowest BCUT2D eigenvalue weighted by Gasteiger charge is -2.09. The number of aromatic amines is 1. The van der Waals surface area contributed by atoms with Crippen LogP contribution in [-0.2, 0) is 11.2 Å². The summed E-state index contributed by atoms with van der Waals surface area (Å²) in [5.41, 5.74) is 1.17. The lowest BCUT2D eigenvalue weighted by Crippen LogP contribution is -2.07. The molecule has 0 fully saturated rings. The molecule has 0 radical (unpaired) electrons. The number of benzene rings is 1. The Labute approximate surface area is 119 Å². The molecular formula is C15H12N2O2S. The summed E-state index contributed by atoms with van der Waals surface area (Å²) >= 11 is -1.22. The highest BCUT2D eigenvalue weighted by molar-refractivity contribution is 7.91. The van der Waals surface area contributed by atoms with Gasteiger partial charge in [0.1, 0.15) is 0 Å². The van der Waals surface area contributed by atoms with Crippen molar-refractivity contribution in [3.63, 3.8) is 0 Å². The van der Waals surface area contributed by atoms with Gasteiger partial charge in [0, 0.05) is 11.6 Å². The van der Waals surface area contributed by atoms with Gasteiger partial charge in [0.2, 0.25) is 0 Å². The molecule has 100 valence electrons. The second-order valence-electron chi connectivity index (χ2n) is 3.91. The molecule has 5 heteroatoms. The Morgan fingerprint density at radius 3 is 2.80 bits per heavy atom. The fraction of sp³-hybridized carbons (Fsp3) is 0.0667. The molecule has 1 unspecified atom stereocenters.